The third-order valence-corrected chi connectivity index (χ3v) is 5.56. The summed E-state index contributed by atoms with van der Waals surface area (Å²) in [7, 11) is -2.10. The van der Waals surface area contributed by atoms with E-state index in [0.29, 0.717) is 17.1 Å². The number of hydrogen-bond donors (Lipinski definition) is 0. The number of alkyl halides is 1. The van der Waals surface area contributed by atoms with Crippen molar-refractivity contribution in [3.63, 3.8) is 0 Å². The van der Waals surface area contributed by atoms with Gasteiger partial charge in [-0.05, 0) is 12.1 Å². The molecule has 1 aromatic carbocycles. The van der Waals surface area contributed by atoms with E-state index in [0.717, 1.165) is 0 Å². The number of hydrogen-bond acceptors (Lipinski definition) is 2. The summed E-state index contributed by atoms with van der Waals surface area (Å²) in [6.07, 6.45) is 0. The van der Waals surface area contributed by atoms with E-state index in [1.807, 2.05) is 0 Å². The molecule has 0 unspecified atom stereocenters. The second kappa shape index (κ2) is 5.76. The quantitative estimate of drug-likeness (QED) is 0.799. The fourth-order valence-electron chi connectivity index (χ4n) is 1.24. The Kier molecular flexibility index (Phi) is 5.10. The highest BCUT2D eigenvalue weighted by Crippen LogP contribution is 2.33. The summed E-state index contributed by atoms with van der Waals surface area (Å²) in [4.78, 5) is 0.0311. The van der Waals surface area contributed by atoms with Gasteiger partial charge in [0.15, 0.2) is 0 Å². The molecule has 0 aliphatic heterocycles. The van der Waals surface area contributed by atoms with E-state index in [4.69, 9.17) is 34.8 Å². The molecule has 3 nitrogen and oxygen atoms in total. The normalized spacial score (nSPS) is 12.1. The van der Waals surface area contributed by atoms with Crippen LogP contribution in [0.1, 0.15) is 12.5 Å². The minimum atomic E-state index is -3.58. The zero-order valence-corrected chi connectivity index (χ0v) is 12.5. The van der Waals surface area contributed by atoms with Crippen LogP contribution in [0.5, 0.6) is 0 Å². The van der Waals surface area contributed by atoms with Gasteiger partial charge in [-0.3, -0.25) is 0 Å². The Labute approximate surface area is 116 Å². The Morgan fingerprint density at radius 3 is 2.35 bits per heavy atom. The van der Waals surface area contributed by atoms with Crippen molar-refractivity contribution in [2.45, 2.75) is 17.7 Å². The van der Waals surface area contributed by atoms with Crippen molar-refractivity contribution >= 4 is 44.8 Å². The van der Waals surface area contributed by atoms with Gasteiger partial charge in [0, 0.05) is 24.2 Å². The van der Waals surface area contributed by atoms with Crippen LogP contribution >= 0.6 is 34.8 Å². The molecule has 0 saturated heterocycles. The fraction of sp³-hybridized carbons (Fsp3) is 0.400. The molecule has 0 radical (unpaired) electrons. The first-order valence-corrected chi connectivity index (χ1v) is 7.58. The molecule has 0 N–H and O–H groups in total. The molecular weight excluding hydrogens is 305 g/mol. The lowest BCUT2D eigenvalue weighted by molar-refractivity contribution is 0.486. The van der Waals surface area contributed by atoms with Gasteiger partial charge in [0.1, 0.15) is 4.90 Å². The van der Waals surface area contributed by atoms with Crippen LogP contribution in [0.25, 0.3) is 0 Å². The monoisotopic (exact) mass is 315 g/mol. The molecular formula is C10H12Cl3NO2S. The van der Waals surface area contributed by atoms with E-state index in [1.165, 1.54) is 23.5 Å². The van der Waals surface area contributed by atoms with Crippen molar-refractivity contribution in [3.05, 3.63) is 27.7 Å². The van der Waals surface area contributed by atoms with Crippen LogP contribution in [0.2, 0.25) is 10.0 Å². The van der Waals surface area contributed by atoms with Crippen LogP contribution in [0.3, 0.4) is 0 Å². The van der Waals surface area contributed by atoms with E-state index in [-0.39, 0.29) is 15.8 Å². The zero-order chi connectivity index (χ0) is 13.2. The van der Waals surface area contributed by atoms with Gasteiger partial charge in [-0.2, -0.15) is 0 Å². The maximum Gasteiger partial charge on any atom is 0.244 e. The number of sulfonamides is 1. The zero-order valence-electron chi connectivity index (χ0n) is 9.37. The summed E-state index contributed by atoms with van der Waals surface area (Å²) in [6, 6.07) is 2.88. The molecule has 7 heteroatoms. The molecule has 1 aromatic rings. The molecule has 0 saturated carbocycles. The third-order valence-electron chi connectivity index (χ3n) is 2.42. The second-order valence-corrected chi connectivity index (χ2v) is 6.46. The molecule has 0 fully saturated rings. The van der Waals surface area contributed by atoms with Crippen molar-refractivity contribution in [1.29, 1.82) is 0 Å². The largest absolute Gasteiger partial charge is 0.244 e. The van der Waals surface area contributed by atoms with Crippen LogP contribution in [0.4, 0.5) is 0 Å². The first-order valence-electron chi connectivity index (χ1n) is 4.85. The number of benzene rings is 1. The van der Waals surface area contributed by atoms with Crippen LogP contribution in [0, 0.1) is 0 Å². The molecule has 0 atom stereocenters. The third kappa shape index (κ3) is 2.88. The van der Waals surface area contributed by atoms with E-state index < -0.39 is 10.0 Å². The maximum absolute atomic E-state index is 12.1. The fourth-order valence-corrected chi connectivity index (χ4v) is 3.71. The summed E-state index contributed by atoms with van der Waals surface area (Å²) in [5.41, 5.74) is 0.431. The molecule has 0 aliphatic rings. The van der Waals surface area contributed by atoms with E-state index in [9.17, 15) is 8.42 Å². The van der Waals surface area contributed by atoms with Crippen molar-refractivity contribution < 1.29 is 8.42 Å². The summed E-state index contributed by atoms with van der Waals surface area (Å²) in [5.74, 6) is 0.0663. The average Bonchev–Trinajstić information content (AvgIpc) is 2.28. The Morgan fingerprint density at radius 1 is 1.29 bits per heavy atom. The van der Waals surface area contributed by atoms with Crippen LogP contribution in [-0.4, -0.2) is 26.3 Å². The topological polar surface area (TPSA) is 37.4 Å². The Hall–Kier alpha value is -0.000000000000000167. The van der Waals surface area contributed by atoms with Crippen LogP contribution < -0.4 is 0 Å². The molecule has 0 heterocycles. The Bertz CT molecular complexity index is 517. The predicted molar refractivity (Wildman–Crippen MR) is 71.5 cm³/mol. The van der Waals surface area contributed by atoms with Gasteiger partial charge in [0.25, 0.3) is 0 Å². The molecule has 0 spiro atoms. The highest BCUT2D eigenvalue weighted by atomic mass is 35.5. The molecule has 0 amide bonds. The van der Waals surface area contributed by atoms with E-state index in [1.54, 1.807) is 6.92 Å². The Morgan fingerprint density at radius 2 is 1.88 bits per heavy atom. The first kappa shape index (κ1) is 15.1. The van der Waals surface area contributed by atoms with Crippen molar-refractivity contribution in [3.8, 4) is 0 Å². The van der Waals surface area contributed by atoms with Gasteiger partial charge in [-0.1, -0.05) is 30.1 Å². The number of rotatable bonds is 4. The van der Waals surface area contributed by atoms with Crippen molar-refractivity contribution in [1.82, 2.24) is 4.31 Å². The molecule has 17 heavy (non-hydrogen) atoms. The second-order valence-electron chi connectivity index (χ2n) is 3.39. The molecule has 0 aliphatic carbocycles. The van der Waals surface area contributed by atoms with Gasteiger partial charge in [0.2, 0.25) is 10.0 Å². The molecule has 96 valence electrons. The Balaban J connectivity index is 3.44. The van der Waals surface area contributed by atoms with Crippen molar-refractivity contribution in [2.75, 3.05) is 13.6 Å². The minimum Gasteiger partial charge on any atom is -0.207 e. The average molecular weight is 317 g/mol. The SMILES string of the molecule is CCN(C)S(=O)(=O)c1ccc(Cl)c(CCl)c1Cl. The lowest BCUT2D eigenvalue weighted by Crippen LogP contribution is -2.27. The lowest BCUT2D eigenvalue weighted by atomic mass is 10.2. The van der Waals surface area contributed by atoms with Gasteiger partial charge in [-0.25, -0.2) is 12.7 Å². The van der Waals surface area contributed by atoms with Crippen LogP contribution in [0.15, 0.2) is 17.0 Å². The smallest absolute Gasteiger partial charge is 0.207 e. The standard InChI is InChI=1S/C10H12Cl3NO2S/c1-3-14(2)17(15,16)9-5-4-8(12)7(6-11)10(9)13/h4-5H,3,6H2,1-2H3. The van der Waals surface area contributed by atoms with E-state index >= 15 is 0 Å². The van der Waals surface area contributed by atoms with Gasteiger partial charge in [-0.15, -0.1) is 11.6 Å². The van der Waals surface area contributed by atoms with E-state index in [2.05, 4.69) is 0 Å². The highest BCUT2D eigenvalue weighted by Gasteiger charge is 2.24. The number of nitrogens with zero attached hydrogens (tertiary/aromatic N) is 1. The predicted octanol–water partition coefficient (Wildman–Crippen LogP) is 3.37. The van der Waals surface area contributed by atoms with Crippen molar-refractivity contribution in [2.24, 2.45) is 0 Å². The minimum absolute atomic E-state index is 0.0311. The summed E-state index contributed by atoms with van der Waals surface area (Å²) >= 11 is 17.6. The highest BCUT2D eigenvalue weighted by molar-refractivity contribution is 7.89. The molecule has 1 rings (SSSR count). The van der Waals surface area contributed by atoms with Gasteiger partial charge >= 0.3 is 0 Å². The van der Waals surface area contributed by atoms with Crippen LogP contribution in [-0.2, 0) is 15.9 Å². The molecule has 0 bridgehead atoms. The summed E-state index contributed by atoms with van der Waals surface area (Å²) in [5, 5.41) is 0.455. The van der Waals surface area contributed by atoms with Gasteiger partial charge < -0.3 is 0 Å². The summed E-state index contributed by atoms with van der Waals surface area (Å²) < 4.78 is 25.4. The lowest BCUT2D eigenvalue weighted by Gasteiger charge is -2.17. The summed E-state index contributed by atoms with van der Waals surface area (Å²) in [6.45, 7) is 2.10. The first-order chi connectivity index (χ1) is 7.86. The number of halogens is 3. The van der Waals surface area contributed by atoms with Gasteiger partial charge in [0.05, 0.1) is 10.9 Å². The molecule has 0 aromatic heterocycles. The maximum atomic E-state index is 12.1.